The molecule has 6 nitrogen and oxygen atoms in total. The van der Waals surface area contributed by atoms with E-state index in [4.69, 9.17) is 4.74 Å². The lowest BCUT2D eigenvalue weighted by molar-refractivity contribution is -0.124. The van der Waals surface area contributed by atoms with Gasteiger partial charge in [0.25, 0.3) is 5.91 Å². The number of aromatic nitrogens is 2. The lowest BCUT2D eigenvalue weighted by Crippen LogP contribution is -2.46. The number of para-hydroxylation sites is 1. The van der Waals surface area contributed by atoms with Gasteiger partial charge in [-0.3, -0.25) is 9.89 Å². The molecule has 0 radical (unpaired) electrons. The van der Waals surface area contributed by atoms with Crippen LogP contribution in [0.5, 0.6) is 5.75 Å². The molecule has 3 heterocycles. The molecule has 0 atom stereocenters. The molecule has 1 fully saturated rings. The fraction of sp³-hybridized carbons (Fsp3) is 0.300. The second-order valence-electron chi connectivity index (χ2n) is 6.67. The summed E-state index contributed by atoms with van der Waals surface area (Å²) in [6.07, 6.45) is 1.65. The fourth-order valence-corrected chi connectivity index (χ4v) is 3.95. The molecular formula is C20H21FN4O2S. The zero-order valence-electron chi connectivity index (χ0n) is 15.2. The summed E-state index contributed by atoms with van der Waals surface area (Å²) in [5.41, 5.74) is 1.02. The van der Waals surface area contributed by atoms with Crippen molar-refractivity contribution in [2.45, 2.75) is 18.9 Å². The number of hydrogen-bond donors (Lipinski definition) is 2. The van der Waals surface area contributed by atoms with Crippen LogP contribution >= 0.6 is 11.3 Å². The predicted octanol–water partition coefficient (Wildman–Crippen LogP) is 3.44. The molecule has 8 heteroatoms. The maximum absolute atomic E-state index is 13.5. The summed E-state index contributed by atoms with van der Waals surface area (Å²) in [6.45, 7) is 1.44. The number of aromatic amines is 1. The Bertz CT molecular complexity index is 920. The summed E-state index contributed by atoms with van der Waals surface area (Å²) < 4.78 is 18.8. The van der Waals surface area contributed by atoms with E-state index in [1.54, 1.807) is 23.5 Å². The number of nitrogens with one attached hydrogen (secondary N) is 2. The first-order chi connectivity index (χ1) is 13.7. The Morgan fingerprint density at radius 3 is 2.86 bits per heavy atom. The number of carbonyl (C=O) groups excluding carboxylic acids is 1. The largest absolute Gasteiger partial charge is 0.481 e. The number of nitrogens with zero attached hydrogens (tertiary/aromatic N) is 2. The van der Waals surface area contributed by atoms with Crippen LogP contribution < -0.4 is 15.0 Å². The zero-order chi connectivity index (χ0) is 19.3. The molecule has 4 rings (SSSR count). The van der Waals surface area contributed by atoms with Gasteiger partial charge in [0.05, 0.1) is 10.6 Å². The van der Waals surface area contributed by atoms with Crippen molar-refractivity contribution in [1.29, 1.82) is 0 Å². The quantitative estimate of drug-likeness (QED) is 0.665. The SMILES string of the molecule is O=C(COc1ccccc1F)NC1CCN(c2cc(-c3cccs3)[nH]n2)CC1. The highest BCUT2D eigenvalue weighted by molar-refractivity contribution is 7.13. The Kier molecular flexibility index (Phi) is 5.57. The number of ether oxygens (including phenoxy) is 1. The smallest absolute Gasteiger partial charge is 0.258 e. The molecule has 2 aromatic heterocycles. The van der Waals surface area contributed by atoms with Crippen LogP contribution in [0.3, 0.4) is 0 Å². The van der Waals surface area contributed by atoms with Crippen LogP contribution in [0.2, 0.25) is 0 Å². The van der Waals surface area contributed by atoms with Crippen LogP contribution in [-0.4, -0.2) is 41.8 Å². The number of thiophene rings is 1. The third-order valence-electron chi connectivity index (χ3n) is 4.73. The van der Waals surface area contributed by atoms with E-state index in [-0.39, 0.29) is 24.3 Å². The van der Waals surface area contributed by atoms with Gasteiger partial charge in [0, 0.05) is 25.2 Å². The zero-order valence-corrected chi connectivity index (χ0v) is 16.0. The number of anilines is 1. The first-order valence-electron chi connectivity index (χ1n) is 9.20. The summed E-state index contributed by atoms with van der Waals surface area (Å²) in [4.78, 5) is 15.5. The van der Waals surface area contributed by atoms with Gasteiger partial charge in [0.15, 0.2) is 24.0 Å². The first kappa shape index (κ1) is 18.5. The van der Waals surface area contributed by atoms with Gasteiger partial charge in [-0.15, -0.1) is 11.3 Å². The van der Waals surface area contributed by atoms with Crippen molar-refractivity contribution in [1.82, 2.24) is 15.5 Å². The monoisotopic (exact) mass is 400 g/mol. The minimum absolute atomic E-state index is 0.0867. The molecule has 1 aromatic carbocycles. The first-order valence-corrected chi connectivity index (χ1v) is 10.1. The van der Waals surface area contributed by atoms with Crippen molar-refractivity contribution in [3.05, 3.63) is 53.7 Å². The van der Waals surface area contributed by atoms with Crippen molar-refractivity contribution < 1.29 is 13.9 Å². The topological polar surface area (TPSA) is 70.2 Å². The molecule has 1 aliphatic rings. The normalized spacial score (nSPS) is 14.8. The summed E-state index contributed by atoms with van der Waals surface area (Å²) in [7, 11) is 0. The van der Waals surface area contributed by atoms with Gasteiger partial charge < -0.3 is 15.0 Å². The summed E-state index contributed by atoms with van der Waals surface area (Å²) >= 11 is 1.67. The van der Waals surface area contributed by atoms with Gasteiger partial charge in [-0.1, -0.05) is 18.2 Å². The van der Waals surface area contributed by atoms with E-state index in [0.717, 1.165) is 42.3 Å². The average Bonchev–Trinajstić information content (AvgIpc) is 3.40. The van der Waals surface area contributed by atoms with Crippen molar-refractivity contribution >= 4 is 23.1 Å². The highest BCUT2D eigenvalue weighted by atomic mass is 32.1. The van der Waals surface area contributed by atoms with E-state index < -0.39 is 5.82 Å². The number of halogens is 1. The number of rotatable bonds is 6. The van der Waals surface area contributed by atoms with Gasteiger partial charge >= 0.3 is 0 Å². The molecule has 0 saturated carbocycles. The van der Waals surface area contributed by atoms with Gasteiger partial charge in [-0.05, 0) is 36.4 Å². The fourth-order valence-electron chi connectivity index (χ4n) is 3.26. The molecule has 2 N–H and O–H groups in total. The minimum Gasteiger partial charge on any atom is -0.481 e. The van der Waals surface area contributed by atoms with Crippen molar-refractivity contribution in [2.75, 3.05) is 24.6 Å². The standard InChI is InChI=1S/C20H21FN4O2S/c21-15-4-1-2-5-17(15)27-13-20(26)22-14-7-9-25(10-8-14)19-12-16(23-24-19)18-6-3-11-28-18/h1-6,11-12,14H,7-10,13H2,(H,22,26)(H,23,24). The van der Waals surface area contributed by atoms with E-state index in [9.17, 15) is 9.18 Å². The van der Waals surface area contributed by atoms with Gasteiger partial charge in [-0.2, -0.15) is 5.10 Å². The number of hydrogen-bond acceptors (Lipinski definition) is 5. The summed E-state index contributed by atoms with van der Waals surface area (Å²) in [6, 6.07) is 12.3. The average molecular weight is 400 g/mol. The van der Waals surface area contributed by atoms with Crippen LogP contribution in [0.4, 0.5) is 10.2 Å². The molecule has 3 aromatic rings. The molecule has 0 bridgehead atoms. The maximum Gasteiger partial charge on any atom is 0.258 e. The van der Waals surface area contributed by atoms with Crippen LogP contribution in [-0.2, 0) is 4.79 Å². The summed E-state index contributed by atoms with van der Waals surface area (Å²) in [5.74, 6) is 0.314. The Labute approximate surface area is 166 Å². The van der Waals surface area contributed by atoms with Crippen molar-refractivity contribution in [2.24, 2.45) is 0 Å². The molecule has 0 aliphatic carbocycles. The van der Waals surface area contributed by atoms with Crippen LogP contribution in [0.25, 0.3) is 10.6 Å². The van der Waals surface area contributed by atoms with E-state index in [0.29, 0.717) is 0 Å². The molecule has 0 unspecified atom stereocenters. The van der Waals surface area contributed by atoms with Crippen LogP contribution in [0.15, 0.2) is 47.8 Å². The molecule has 1 amide bonds. The lowest BCUT2D eigenvalue weighted by Gasteiger charge is -2.32. The van der Waals surface area contributed by atoms with Crippen LogP contribution in [0.1, 0.15) is 12.8 Å². The van der Waals surface area contributed by atoms with Crippen molar-refractivity contribution in [3.63, 3.8) is 0 Å². The Hall–Kier alpha value is -2.87. The number of H-pyrrole nitrogens is 1. The van der Waals surface area contributed by atoms with Crippen molar-refractivity contribution in [3.8, 4) is 16.3 Å². The van der Waals surface area contributed by atoms with Crippen LogP contribution in [0, 0.1) is 5.82 Å². The van der Waals surface area contributed by atoms with Gasteiger partial charge in [0.2, 0.25) is 0 Å². The number of carbonyl (C=O) groups is 1. The predicted molar refractivity (Wildman–Crippen MR) is 107 cm³/mol. The van der Waals surface area contributed by atoms with Gasteiger partial charge in [-0.25, -0.2) is 4.39 Å². The molecule has 28 heavy (non-hydrogen) atoms. The third kappa shape index (κ3) is 4.33. The second kappa shape index (κ2) is 8.43. The van der Waals surface area contributed by atoms with E-state index in [2.05, 4.69) is 32.5 Å². The Balaban J connectivity index is 1.24. The Morgan fingerprint density at radius 1 is 1.29 bits per heavy atom. The molecule has 1 aliphatic heterocycles. The maximum atomic E-state index is 13.5. The van der Waals surface area contributed by atoms with E-state index in [1.807, 2.05) is 11.4 Å². The molecule has 146 valence electrons. The minimum atomic E-state index is -0.468. The third-order valence-corrected chi connectivity index (χ3v) is 5.63. The second-order valence-corrected chi connectivity index (χ2v) is 7.61. The van der Waals surface area contributed by atoms with E-state index in [1.165, 1.54) is 12.1 Å². The highest BCUT2D eigenvalue weighted by Gasteiger charge is 2.22. The molecule has 0 spiro atoms. The highest BCUT2D eigenvalue weighted by Crippen LogP contribution is 2.27. The molecule has 1 saturated heterocycles. The van der Waals surface area contributed by atoms with E-state index >= 15 is 0 Å². The Morgan fingerprint density at radius 2 is 2.11 bits per heavy atom. The number of amides is 1. The molecular weight excluding hydrogens is 379 g/mol. The van der Waals surface area contributed by atoms with Gasteiger partial charge in [0.1, 0.15) is 0 Å². The number of piperidine rings is 1. The number of benzene rings is 1. The lowest BCUT2D eigenvalue weighted by atomic mass is 10.1. The summed E-state index contributed by atoms with van der Waals surface area (Å²) in [5, 5.41) is 12.5.